The van der Waals surface area contributed by atoms with Gasteiger partial charge in [-0.05, 0) is 48.9 Å². The molecule has 0 spiro atoms. The second-order valence-electron chi connectivity index (χ2n) is 6.13. The molecule has 4 rings (SSSR count). The number of aromatic nitrogens is 1. The summed E-state index contributed by atoms with van der Waals surface area (Å²) in [5, 5.41) is 9.19. The van der Waals surface area contributed by atoms with Gasteiger partial charge in [0.05, 0.1) is 11.1 Å². The molecule has 7 heteroatoms. The van der Waals surface area contributed by atoms with Gasteiger partial charge in [-0.1, -0.05) is 30.3 Å². The molecule has 0 unspecified atom stereocenters. The van der Waals surface area contributed by atoms with E-state index in [1.165, 1.54) is 24.3 Å². The summed E-state index contributed by atoms with van der Waals surface area (Å²) in [6, 6.07) is 19.9. The molecular weight excluding hydrogens is 376 g/mol. The van der Waals surface area contributed by atoms with Crippen LogP contribution in [0.2, 0.25) is 0 Å². The highest BCUT2D eigenvalue weighted by Gasteiger charge is 2.23. The van der Waals surface area contributed by atoms with E-state index in [4.69, 9.17) is 8.60 Å². The first-order valence-electron chi connectivity index (χ1n) is 8.38. The van der Waals surface area contributed by atoms with Crippen molar-refractivity contribution in [1.82, 2.24) is 4.98 Å². The molecule has 0 radical (unpaired) electrons. The van der Waals surface area contributed by atoms with Gasteiger partial charge in [0.2, 0.25) is 5.89 Å². The van der Waals surface area contributed by atoms with Crippen LogP contribution in [0.5, 0.6) is 5.75 Å². The highest BCUT2D eigenvalue weighted by atomic mass is 32.2. The molecule has 0 saturated heterocycles. The molecule has 4 aromatic rings. The van der Waals surface area contributed by atoms with Crippen LogP contribution in [-0.2, 0) is 10.1 Å². The Labute approximate surface area is 161 Å². The second-order valence-corrected chi connectivity index (χ2v) is 7.65. The van der Waals surface area contributed by atoms with E-state index in [2.05, 4.69) is 4.98 Å². The zero-order chi connectivity index (χ0) is 19.7. The van der Waals surface area contributed by atoms with E-state index in [0.717, 1.165) is 5.56 Å². The molecular formula is C21H14N2O4S. The second kappa shape index (κ2) is 6.83. The molecule has 0 atom stereocenters. The molecule has 28 heavy (non-hydrogen) atoms. The average Bonchev–Trinajstić information content (AvgIpc) is 3.11. The number of para-hydroxylation sites is 1. The van der Waals surface area contributed by atoms with Crippen molar-refractivity contribution in [2.75, 3.05) is 0 Å². The van der Waals surface area contributed by atoms with E-state index in [0.29, 0.717) is 16.7 Å². The Hall–Kier alpha value is -3.63. The van der Waals surface area contributed by atoms with Crippen LogP contribution in [0.25, 0.3) is 22.6 Å². The van der Waals surface area contributed by atoms with Crippen molar-refractivity contribution >= 4 is 21.2 Å². The lowest BCUT2D eigenvalue weighted by molar-refractivity contribution is 0.485. The van der Waals surface area contributed by atoms with Gasteiger partial charge in [0, 0.05) is 0 Å². The van der Waals surface area contributed by atoms with Crippen LogP contribution in [-0.4, -0.2) is 13.4 Å². The van der Waals surface area contributed by atoms with Gasteiger partial charge in [-0.2, -0.15) is 13.7 Å². The largest absolute Gasteiger partial charge is 0.436 e. The lowest BCUT2D eigenvalue weighted by atomic mass is 10.2. The maximum Gasteiger partial charge on any atom is 0.340 e. The Morgan fingerprint density at radius 3 is 2.61 bits per heavy atom. The lowest BCUT2D eigenvalue weighted by Crippen LogP contribution is -2.12. The molecule has 0 N–H and O–H groups in total. The van der Waals surface area contributed by atoms with Crippen molar-refractivity contribution in [2.45, 2.75) is 11.8 Å². The Balaban J connectivity index is 1.79. The van der Waals surface area contributed by atoms with E-state index < -0.39 is 10.1 Å². The number of fused-ring (bicyclic) bond motifs is 1. The standard InChI is InChI=1S/C21H14N2O4S/c1-14-10-11-19-17(12-14)23-21(26-19)16-7-3-4-8-18(16)27-28(24,25)20-9-5-2-6-15(20)13-22/h2-12H,1H3. The van der Waals surface area contributed by atoms with Crippen molar-refractivity contribution in [2.24, 2.45) is 0 Å². The van der Waals surface area contributed by atoms with Crippen LogP contribution in [0, 0.1) is 18.3 Å². The fraction of sp³-hybridized carbons (Fsp3) is 0.0476. The zero-order valence-corrected chi connectivity index (χ0v) is 15.6. The first-order chi connectivity index (χ1) is 13.5. The van der Waals surface area contributed by atoms with Gasteiger partial charge in [0.15, 0.2) is 11.3 Å². The van der Waals surface area contributed by atoms with Gasteiger partial charge in [-0.15, -0.1) is 0 Å². The topological polar surface area (TPSA) is 93.2 Å². The van der Waals surface area contributed by atoms with E-state index >= 15 is 0 Å². The molecule has 6 nitrogen and oxygen atoms in total. The summed E-state index contributed by atoms with van der Waals surface area (Å²) in [5.74, 6) is 0.318. The molecule has 1 aromatic heterocycles. The summed E-state index contributed by atoms with van der Waals surface area (Å²) >= 11 is 0. The highest BCUT2D eigenvalue weighted by molar-refractivity contribution is 7.87. The summed E-state index contributed by atoms with van der Waals surface area (Å²) in [6.07, 6.45) is 0. The van der Waals surface area contributed by atoms with Crippen molar-refractivity contribution in [3.63, 3.8) is 0 Å². The van der Waals surface area contributed by atoms with Gasteiger partial charge in [0.1, 0.15) is 16.5 Å². The summed E-state index contributed by atoms with van der Waals surface area (Å²) < 4.78 is 36.6. The van der Waals surface area contributed by atoms with E-state index in [1.807, 2.05) is 31.2 Å². The minimum absolute atomic E-state index is 0.0114. The van der Waals surface area contributed by atoms with Crippen LogP contribution in [0.15, 0.2) is 76.0 Å². The molecule has 0 bridgehead atoms. The highest BCUT2D eigenvalue weighted by Crippen LogP contribution is 2.33. The Morgan fingerprint density at radius 1 is 1.04 bits per heavy atom. The fourth-order valence-corrected chi connectivity index (χ4v) is 3.91. The Bertz CT molecular complexity index is 1330. The summed E-state index contributed by atoms with van der Waals surface area (Å²) in [5.41, 5.74) is 2.70. The predicted octanol–water partition coefficient (Wildman–Crippen LogP) is 4.44. The number of aryl methyl sites for hydroxylation is 1. The molecule has 0 aliphatic heterocycles. The van der Waals surface area contributed by atoms with Crippen LogP contribution in [0.4, 0.5) is 0 Å². The molecule has 3 aromatic carbocycles. The summed E-state index contributed by atoms with van der Waals surface area (Å²) in [7, 11) is -4.22. The van der Waals surface area contributed by atoms with E-state index in [-0.39, 0.29) is 22.1 Å². The fourth-order valence-electron chi connectivity index (χ4n) is 2.81. The quantitative estimate of drug-likeness (QED) is 0.478. The third-order valence-electron chi connectivity index (χ3n) is 4.14. The molecule has 0 saturated carbocycles. The number of hydrogen-bond donors (Lipinski definition) is 0. The van der Waals surface area contributed by atoms with Crippen molar-refractivity contribution in [1.29, 1.82) is 5.26 Å². The van der Waals surface area contributed by atoms with Crippen LogP contribution in [0.3, 0.4) is 0 Å². The van der Waals surface area contributed by atoms with Crippen molar-refractivity contribution < 1.29 is 17.0 Å². The lowest BCUT2D eigenvalue weighted by Gasteiger charge is -2.10. The number of hydrogen-bond acceptors (Lipinski definition) is 6. The molecule has 0 aliphatic carbocycles. The minimum atomic E-state index is -4.22. The van der Waals surface area contributed by atoms with Gasteiger partial charge >= 0.3 is 10.1 Å². The molecule has 1 heterocycles. The van der Waals surface area contributed by atoms with E-state index in [9.17, 15) is 13.7 Å². The zero-order valence-electron chi connectivity index (χ0n) is 14.8. The maximum atomic E-state index is 12.8. The molecule has 0 aliphatic rings. The SMILES string of the molecule is Cc1ccc2oc(-c3ccccc3OS(=O)(=O)c3ccccc3C#N)nc2c1. The number of nitrogens with zero attached hydrogens (tertiary/aromatic N) is 2. The van der Waals surface area contributed by atoms with Gasteiger partial charge < -0.3 is 8.60 Å². The minimum Gasteiger partial charge on any atom is -0.436 e. The summed E-state index contributed by atoms with van der Waals surface area (Å²) in [4.78, 5) is 4.25. The maximum absolute atomic E-state index is 12.8. The third-order valence-corrected chi connectivity index (χ3v) is 5.43. The van der Waals surface area contributed by atoms with Gasteiger partial charge in [-0.3, -0.25) is 0 Å². The third kappa shape index (κ3) is 3.21. The van der Waals surface area contributed by atoms with Crippen LogP contribution in [0.1, 0.15) is 11.1 Å². The predicted molar refractivity (Wildman–Crippen MR) is 103 cm³/mol. The average molecular weight is 390 g/mol. The molecule has 138 valence electrons. The van der Waals surface area contributed by atoms with Crippen LogP contribution < -0.4 is 4.18 Å². The van der Waals surface area contributed by atoms with Crippen molar-refractivity contribution in [3.8, 4) is 23.3 Å². The first-order valence-corrected chi connectivity index (χ1v) is 9.79. The number of nitriles is 1. The monoisotopic (exact) mass is 390 g/mol. The first kappa shape index (κ1) is 17.8. The van der Waals surface area contributed by atoms with E-state index in [1.54, 1.807) is 24.3 Å². The number of rotatable bonds is 4. The normalized spacial score (nSPS) is 11.3. The number of oxazole rings is 1. The van der Waals surface area contributed by atoms with Crippen LogP contribution >= 0.6 is 0 Å². The Kier molecular flexibility index (Phi) is 4.34. The van der Waals surface area contributed by atoms with Gasteiger partial charge in [-0.25, -0.2) is 4.98 Å². The molecule has 0 amide bonds. The summed E-state index contributed by atoms with van der Waals surface area (Å²) in [6.45, 7) is 1.95. The smallest absolute Gasteiger partial charge is 0.340 e. The number of benzene rings is 3. The van der Waals surface area contributed by atoms with Gasteiger partial charge in [0.25, 0.3) is 0 Å². The Morgan fingerprint density at radius 2 is 1.79 bits per heavy atom. The molecule has 0 fully saturated rings. The van der Waals surface area contributed by atoms with Crippen molar-refractivity contribution in [3.05, 3.63) is 77.9 Å².